The Labute approximate surface area is 425 Å². The van der Waals surface area contributed by atoms with Crippen LogP contribution in [0.1, 0.15) is 116 Å². The molecule has 0 aliphatic carbocycles. The Bertz CT molecular complexity index is 2130. The Kier molecular flexibility index (Phi) is 22.5. The fourth-order valence-corrected chi connectivity index (χ4v) is 10.1. The van der Waals surface area contributed by atoms with E-state index >= 15 is 0 Å². The predicted octanol–water partition coefficient (Wildman–Crippen LogP) is 3.73. The van der Waals surface area contributed by atoms with E-state index in [1.165, 1.54) is 26.2 Å². The predicted molar refractivity (Wildman–Crippen MR) is 271 cm³/mol. The van der Waals surface area contributed by atoms with Crippen LogP contribution in [0.15, 0.2) is 54.6 Å². The second-order valence-corrected chi connectivity index (χ2v) is 20.1. The summed E-state index contributed by atoms with van der Waals surface area (Å²) in [4.78, 5) is 99.7. The van der Waals surface area contributed by atoms with Crippen LogP contribution in [0.4, 0.5) is 4.79 Å². The van der Waals surface area contributed by atoms with Gasteiger partial charge in [-0.25, -0.2) is 9.59 Å². The highest BCUT2D eigenvalue weighted by atomic mass is 16.6. The number of nitrogens with zero attached hydrogens (tertiary/aromatic N) is 3. The van der Waals surface area contributed by atoms with Crippen molar-refractivity contribution in [1.82, 2.24) is 25.3 Å². The lowest BCUT2D eigenvalue weighted by molar-refractivity contribution is -0.149. The molecule has 0 radical (unpaired) electrons. The van der Waals surface area contributed by atoms with Gasteiger partial charge in [-0.1, -0.05) is 95.6 Å². The molecule has 2 fully saturated rings. The Hall–Kier alpha value is -5.63. The van der Waals surface area contributed by atoms with Crippen molar-refractivity contribution in [2.45, 2.75) is 160 Å². The highest BCUT2D eigenvalue weighted by Crippen LogP contribution is 2.33. The fraction of sp³-hybridized carbons (Fsp3) is 0.642. The van der Waals surface area contributed by atoms with Crippen LogP contribution in [0.5, 0.6) is 0 Å². The molecule has 2 saturated heterocycles. The summed E-state index contributed by atoms with van der Waals surface area (Å²) < 4.78 is 22.8. The molecule has 2 aliphatic rings. The van der Waals surface area contributed by atoms with Crippen LogP contribution in [-0.2, 0) is 60.7 Å². The minimum absolute atomic E-state index is 0.0523. The Balaban J connectivity index is 1.43. The van der Waals surface area contributed by atoms with Gasteiger partial charge in [-0.2, -0.15) is 0 Å². The van der Waals surface area contributed by atoms with E-state index in [0.29, 0.717) is 57.1 Å². The molecule has 2 aliphatic heterocycles. The minimum atomic E-state index is -1.31. The van der Waals surface area contributed by atoms with Crippen LogP contribution < -0.4 is 27.8 Å². The minimum Gasteiger partial charge on any atom is -0.467 e. The van der Waals surface area contributed by atoms with Gasteiger partial charge in [-0.05, 0) is 74.0 Å². The summed E-state index contributed by atoms with van der Waals surface area (Å²) >= 11 is 0. The monoisotopic (exact) mass is 1010 g/mol. The normalized spacial score (nSPS) is 20.5. The smallest absolute Gasteiger partial charge is 0.410 e. The van der Waals surface area contributed by atoms with Crippen LogP contribution in [0.25, 0.3) is 0 Å². The summed E-state index contributed by atoms with van der Waals surface area (Å²) in [5.41, 5.74) is 18.4. The molecular formula is C53H82N8O11. The number of likely N-dealkylation sites (N-methyl/N-ethyl adjacent to an activating group) is 1. The van der Waals surface area contributed by atoms with Crippen molar-refractivity contribution in [3.63, 3.8) is 0 Å². The number of hydrogen-bond donors (Lipinski definition) is 5. The molecule has 9 unspecified atom stereocenters. The summed E-state index contributed by atoms with van der Waals surface area (Å²) in [6.07, 6.45) is 1.67. The quantitative estimate of drug-likeness (QED) is 0.0843. The molecule has 6 amide bonds. The van der Waals surface area contributed by atoms with Crippen LogP contribution in [-0.4, -0.2) is 146 Å². The molecule has 19 nitrogen and oxygen atoms in total. The Morgan fingerprint density at radius 3 is 2.11 bits per heavy atom. The molecule has 72 heavy (non-hydrogen) atoms. The number of nitrogens with two attached hydrogens (primary N) is 3. The number of primary amides is 1. The maximum absolute atomic E-state index is 14.7. The number of carbonyl (C=O) groups is 7. The number of likely N-dealkylation sites (tertiary alicyclic amines) is 2. The number of amides is 6. The Morgan fingerprint density at radius 2 is 1.53 bits per heavy atom. The zero-order chi connectivity index (χ0) is 53.4. The largest absolute Gasteiger partial charge is 0.467 e. The van der Waals surface area contributed by atoms with E-state index in [9.17, 15) is 33.6 Å². The van der Waals surface area contributed by atoms with Gasteiger partial charge < -0.3 is 56.6 Å². The van der Waals surface area contributed by atoms with Gasteiger partial charge in [0.1, 0.15) is 24.2 Å². The van der Waals surface area contributed by atoms with Crippen LogP contribution in [0.3, 0.4) is 0 Å². The average molecular weight is 1010 g/mol. The fourth-order valence-electron chi connectivity index (χ4n) is 10.1. The molecule has 400 valence electrons. The van der Waals surface area contributed by atoms with Crippen molar-refractivity contribution in [3.05, 3.63) is 71.3 Å². The highest BCUT2D eigenvalue weighted by Gasteiger charge is 2.49. The van der Waals surface area contributed by atoms with E-state index in [1.54, 1.807) is 42.8 Å². The second-order valence-electron chi connectivity index (χ2n) is 20.1. The van der Waals surface area contributed by atoms with Crippen molar-refractivity contribution < 1.29 is 52.5 Å². The average Bonchev–Trinajstić information content (AvgIpc) is 4.03. The van der Waals surface area contributed by atoms with Gasteiger partial charge in [0.2, 0.25) is 29.5 Å². The number of methoxy groups -OCH3 is 3. The first-order valence-corrected chi connectivity index (χ1v) is 25.3. The molecular weight excluding hydrogens is 925 g/mol. The lowest BCUT2D eigenvalue weighted by Crippen LogP contribution is -2.62. The van der Waals surface area contributed by atoms with Gasteiger partial charge in [0.25, 0.3) is 0 Å². The Morgan fingerprint density at radius 1 is 0.861 bits per heavy atom. The first-order chi connectivity index (χ1) is 34.1. The molecule has 0 bridgehead atoms. The lowest BCUT2D eigenvalue weighted by Gasteiger charge is -2.41. The first kappa shape index (κ1) is 58.9. The second kappa shape index (κ2) is 27.4. The van der Waals surface area contributed by atoms with Gasteiger partial charge in [-0.3, -0.25) is 28.9 Å². The number of ether oxygens (including phenoxy) is 4. The van der Waals surface area contributed by atoms with Gasteiger partial charge in [0.15, 0.2) is 0 Å². The molecule has 11 atom stereocenters. The molecule has 2 heterocycles. The van der Waals surface area contributed by atoms with Gasteiger partial charge in [0, 0.05) is 46.8 Å². The number of hydrogen-bond acceptors (Lipinski definition) is 13. The van der Waals surface area contributed by atoms with E-state index in [0.717, 1.165) is 11.1 Å². The summed E-state index contributed by atoms with van der Waals surface area (Å²) in [7, 11) is 5.96. The molecule has 2 aromatic carbocycles. The summed E-state index contributed by atoms with van der Waals surface area (Å²) in [6, 6.07) is 12.4. The van der Waals surface area contributed by atoms with E-state index in [-0.39, 0.29) is 55.7 Å². The molecule has 0 spiro atoms. The van der Waals surface area contributed by atoms with Crippen LogP contribution in [0, 0.1) is 17.8 Å². The maximum Gasteiger partial charge on any atom is 0.410 e. The van der Waals surface area contributed by atoms with Gasteiger partial charge >= 0.3 is 12.1 Å². The number of carbonyl (C=O) groups excluding carboxylic acids is 7. The highest BCUT2D eigenvalue weighted by molar-refractivity contribution is 5.94. The molecule has 0 aromatic heterocycles. The van der Waals surface area contributed by atoms with Crippen LogP contribution in [0.2, 0.25) is 0 Å². The third-order valence-corrected chi connectivity index (χ3v) is 14.8. The van der Waals surface area contributed by atoms with Crippen molar-refractivity contribution in [3.8, 4) is 0 Å². The SMILES string of the molecule is CCC(C)C(C(CC(=O)N1CCC[C@H]1C(OC)C(C)C(=O)NC(Cc1ccccc1)C(=O)OC)OC)N(C)C(=O)C(NC(=O)[C@]1(C)CCCN1C(=O)OCc1ccc(C(N)CCC(N)C(N)=O)cc1)C(C)C. The number of esters is 1. The molecule has 8 N–H and O–H groups in total. The van der Waals surface area contributed by atoms with Crippen molar-refractivity contribution in [1.29, 1.82) is 0 Å². The standard InChI is InChI=1S/C53H82N8O11/c1-11-33(4)45(42(69-8)30-43(62)60-27-15-19-41(60)46(70-9)34(5)48(64)57-40(50(66)71-10)29-35-17-13-12-14-18-35)59(7)49(65)44(32(2)3)58-51(67)53(6)26-16-28-61(53)52(68)72-31-36-20-22-37(23-21-36)38(54)24-25-39(55)47(56)63/h12-14,17-18,20-23,32-34,38-42,44-46H,11,15-16,19,24-31,54-55H2,1-10H3,(H2,56,63)(H,57,64)(H,58,67)/t33?,34?,38?,39?,40?,41-,42?,44?,45?,46?,53-/m0/s1. The van der Waals surface area contributed by atoms with Gasteiger partial charge in [0.05, 0.1) is 49.8 Å². The summed E-state index contributed by atoms with van der Waals surface area (Å²) in [5, 5.41) is 5.85. The third-order valence-electron chi connectivity index (χ3n) is 14.8. The third kappa shape index (κ3) is 15.0. The van der Waals surface area contributed by atoms with E-state index < -0.39 is 83.7 Å². The molecule has 19 heteroatoms. The zero-order valence-electron chi connectivity index (χ0n) is 44.1. The number of benzene rings is 2. The zero-order valence-corrected chi connectivity index (χ0v) is 44.1. The number of nitrogens with one attached hydrogen (secondary N) is 2. The maximum atomic E-state index is 14.7. The topological polar surface area (TPSA) is 268 Å². The van der Waals surface area contributed by atoms with Crippen molar-refractivity contribution in [2.75, 3.05) is 41.5 Å². The summed E-state index contributed by atoms with van der Waals surface area (Å²) in [6.45, 7) is 11.7. The summed E-state index contributed by atoms with van der Waals surface area (Å²) in [5.74, 6) is -3.90. The van der Waals surface area contributed by atoms with E-state index in [2.05, 4.69) is 10.6 Å². The van der Waals surface area contributed by atoms with Crippen LogP contribution >= 0.6 is 0 Å². The van der Waals surface area contributed by atoms with Crippen molar-refractivity contribution >= 4 is 41.6 Å². The number of rotatable bonds is 26. The lowest BCUT2D eigenvalue weighted by atomic mass is 9.89. The molecule has 2 aromatic rings. The molecule has 4 rings (SSSR count). The molecule has 0 saturated carbocycles. The first-order valence-electron chi connectivity index (χ1n) is 25.3. The van der Waals surface area contributed by atoms with E-state index in [4.69, 9.17) is 36.1 Å². The van der Waals surface area contributed by atoms with E-state index in [1.807, 2.05) is 70.2 Å². The van der Waals surface area contributed by atoms with Crippen molar-refractivity contribution in [2.24, 2.45) is 35.0 Å². The van der Waals surface area contributed by atoms with Gasteiger partial charge in [-0.15, -0.1) is 0 Å².